The first-order chi connectivity index (χ1) is 5.65. The van der Waals surface area contributed by atoms with Crippen molar-refractivity contribution in [1.29, 1.82) is 0 Å². The molecule has 70 valence electrons. The van der Waals surface area contributed by atoms with E-state index in [1.807, 2.05) is 4.90 Å². The average Bonchev–Trinajstić information content (AvgIpc) is 2.32. The van der Waals surface area contributed by atoms with Crippen molar-refractivity contribution >= 4 is 28.5 Å². The van der Waals surface area contributed by atoms with Crippen molar-refractivity contribution in [3.05, 3.63) is 0 Å². The Morgan fingerprint density at radius 1 is 1.75 bits per heavy atom. The molecule has 0 radical (unpaired) electrons. The molecule has 0 spiro atoms. The van der Waals surface area contributed by atoms with Gasteiger partial charge in [0.2, 0.25) is 5.91 Å². The Morgan fingerprint density at radius 2 is 2.42 bits per heavy atom. The number of β-amino-alcohol motifs (C(OH)–C–C–N with tert-alkyl or cyclic N) is 1. The van der Waals surface area contributed by atoms with Crippen LogP contribution in [0.3, 0.4) is 0 Å². The minimum Gasteiger partial charge on any atom is -0.392 e. The van der Waals surface area contributed by atoms with E-state index in [4.69, 9.17) is 5.73 Å². The minimum atomic E-state index is -0.384. The molecule has 1 fully saturated rings. The van der Waals surface area contributed by atoms with Crippen molar-refractivity contribution < 1.29 is 9.90 Å². The van der Waals surface area contributed by atoms with Crippen LogP contribution in [0.15, 0.2) is 0 Å². The normalized spacial score (nSPS) is 30.8. The largest absolute Gasteiger partial charge is 0.392 e. The van der Waals surface area contributed by atoms with E-state index in [2.05, 4.69) is 22.6 Å². The molecule has 0 bridgehead atoms. The summed E-state index contributed by atoms with van der Waals surface area (Å²) >= 11 is 2.24. The van der Waals surface area contributed by atoms with E-state index in [9.17, 15) is 9.90 Å². The van der Waals surface area contributed by atoms with Gasteiger partial charge in [-0.2, -0.15) is 0 Å². The molecule has 5 heteroatoms. The van der Waals surface area contributed by atoms with E-state index in [1.165, 1.54) is 0 Å². The van der Waals surface area contributed by atoms with Gasteiger partial charge in [-0.05, 0) is 6.42 Å². The van der Waals surface area contributed by atoms with Crippen LogP contribution < -0.4 is 5.73 Å². The standard InChI is InChI=1S/C7H13IN2O2/c8-1-2-10-4-5(11)3-6(10)7(9)12/h5-6,11H,1-4H2,(H2,9,12). The number of aliphatic hydroxyl groups excluding tert-OH is 1. The molecule has 1 rings (SSSR count). The van der Waals surface area contributed by atoms with Gasteiger partial charge in [0.05, 0.1) is 12.1 Å². The molecule has 1 aliphatic heterocycles. The number of halogens is 1. The maximum atomic E-state index is 10.9. The van der Waals surface area contributed by atoms with Crippen LogP contribution >= 0.6 is 22.6 Å². The third-order valence-electron chi connectivity index (χ3n) is 2.08. The Kier molecular flexibility index (Phi) is 3.73. The fourth-order valence-corrected chi connectivity index (χ4v) is 2.15. The Labute approximate surface area is 85.2 Å². The van der Waals surface area contributed by atoms with Gasteiger partial charge in [0.15, 0.2) is 0 Å². The van der Waals surface area contributed by atoms with Gasteiger partial charge in [-0.15, -0.1) is 0 Å². The first-order valence-corrected chi connectivity index (χ1v) is 5.45. The van der Waals surface area contributed by atoms with E-state index >= 15 is 0 Å². The molecule has 0 saturated carbocycles. The number of primary amides is 1. The lowest BCUT2D eigenvalue weighted by atomic mass is 10.2. The molecule has 1 amide bonds. The maximum absolute atomic E-state index is 10.9. The topological polar surface area (TPSA) is 66.6 Å². The summed E-state index contributed by atoms with van der Waals surface area (Å²) in [6, 6.07) is -0.255. The number of carbonyl (C=O) groups is 1. The predicted octanol–water partition coefficient (Wildman–Crippen LogP) is -0.658. The van der Waals surface area contributed by atoms with E-state index < -0.39 is 0 Å². The van der Waals surface area contributed by atoms with Crippen LogP contribution in [-0.2, 0) is 4.79 Å². The van der Waals surface area contributed by atoms with Crippen molar-refractivity contribution in [3.63, 3.8) is 0 Å². The molecule has 0 aromatic carbocycles. The van der Waals surface area contributed by atoms with Crippen molar-refractivity contribution in [3.8, 4) is 0 Å². The number of hydrogen-bond donors (Lipinski definition) is 2. The molecule has 2 atom stereocenters. The van der Waals surface area contributed by atoms with Crippen LogP contribution in [0.25, 0.3) is 0 Å². The fraction of sp³-hybridized carbons (Fsp3) is 0.857. The number of hydrogen-bond acceptors (Lipinski definition) is 3. The van der Waals surface area contributed by atoms with Gasteiger partial charge in [0.25, 0.3) is 0 Å². The van der Waals surface area contributed by atoms with Gasteiger partial charge in [-0.25, -0.2) is 0 Å². The Balaban J connectivity index is 2.53. The lowest BCUT2D eigenvalue weighted by Gasteiger charge is -2.19. The summed E-state index contributed by atoms with van der Waals surface area (Å²) in [7, 11) is 0. The summed E-state index contributed by atoms with van der Waals surface area (Å²) in [5.74, 6) is -0.323. The number of amides is 1. The summed E-state index contributed by atoms with van der Waals surface area (Å²) in [5.41, 5.74) is 5.19. The van der Waals surface area contributed by atoms with E-state index in [-0.39, 0.29) is 18.1 Å². The molecular weight excluding hydrogens is 271 g/mol. The van der Waals surface area contributed by atoms with Gasteiger partial charge in [-0.3, -0.25) is 9.69 Å². The summed E-state index contributed by atoms with van der Waals surface area (Å²) in [6.45, 7) is 1.40. The molecule has 0 aromatic rings. The zero-order valence-corrected chi connectivity index (χ0v) is 8.90. The zero-order valence-electron chi connectivity index (χ0n) is 6.74. The van der Waals surface area contributed by atoms with E-state index in [1.54, 1.807) is 0 Å². The van der Waals surface area contributed by atoms with Crippen LogP contribution in [0, 0.1) is 0 Å². The summed E-state index contributed by atoms with van der Waals surface area (Å²) in [5, 5.41) is 9.29. The highest BCUT2D eigenvalue weighted by molar-refractivity contribution is 14.1. The molecule has 1 aliphatic rings. The average molecular weight is 284 g/mol. The minimum absolute atomic E-state index is 0.255. The highest BCUT2D eigenvalue weighted by atomic mass is 127. The SMILES string of the molecule is NC(=O)C1CC(O)CN1CCI. The third-order valence-corrected chi connectivity index (χ3v) is 2.56. The Morgan fingerprint density at radius 3 is 2.92 bits per heavy atom. The van der Waals surface area contributed by atoms with Crippen LogP contribution in [0.2, 0.25) is 0 Å². The quantitative estimate of drug-likeness (QED) is 0.534. The van der Waals surface area contributed by atoms with Crippen molar-refractivity contribution in [2.45, 2.75) is 18.6 Å². The van der Waals surface area contributed by atoms with Crippen LogP contribution in [0.4, 0.5) is 0 Å². The lowest BCUT2D eigenvalue weighted by molar-refractivity contribution is -0.122. The molecule has 12 heavy (non-hydrogen) atoms. The number of carbonyl (C=O) groups excluding carboxylic acids is 1. The molecular formula is C7H13IN2O2. The molecule has 2 unspecified atom stereocenters. The van der Waals surface area contributed by atoms with Crippen LogP contribution in [0.1, 0.15) is 6.42 Å². The summed E-state index contributed by atoms with van der Waals surface area (Å²) in [4.78, 5) is 12.8. The number of rotatable bonds is 3. The third kappa shape index (κ3) is 2.30. The summed E-state index contributed by atoms with van der Waals surface area (Å²) < 4.78 is 0.953. The smallest absolute Gasteiger partial charge is 0.234 e. The Hall–Kier alpha value is 0.120. The lowest BCUT2D eigenvalue weighted by Crippen LogP contribution is -2.41. The molecule has 1 saturated heterocycles. The second kappa shape index (κ2) is 4.38. The van der Waals surface area contributed by atoms with E-state index in [0.717, 1.165) is 11.0 Å². The number of nitrogens with two attached hydrogens (primary N) is 1. The first kappa shape index (κ1) is 10.2. The second-order valence-corrected chi connectivity index (χ2v) is 4.07. The molecule has 0 aromatic heterocycles. The van der Waals surface area contributed by atoms with Crippen molar-refractivity contribution in [2.24, 2.45) is 5.73 Å². The monoisotopic (exact) mass is 284 g/mol. The molecule has 3 N–H and O–H groups in total. The fourth-order valence-electron chi connectivity index (χ4n) is 1.53. The highest BCUT2D eigenvalue weighted by Crippen LogP contribution is 2.17. The molecule has 4 nitrogen and oxygen atoms in total. The zero-order chi connectivity index (χ0) is 9.14. The molecule has 1 heterocycles. The number of alkyl halides is 1. The van der Waals surface area contributed by atoms with Gasteiger partial charge in [0, 0.05) is 17.5 Å². The van der Waals surface area contributed by atoms with E-state index in [0.29, 0.717) is 13.0 Å². The van der Waals surface area contributed by atoms with Gasteiger partial charge >= 0.3 is 0 Å². The van der Waals surface area contributed by atoms with Crippen molar-refractivity contribution in [2.75, 3.05) is 17.5 Å². The maximum Gasteiger partial charge on any atom is 0.234 e. The molecule has 0 aliphatic carbocycles. The van der Waals surface area contributed by atoms with Crippen LogP contribution in [-0.4, -0.2) is 45.6 Å². The number of nitrogens with zero attached hydrogens (tertiary/aromatic N) is 1. The van der Waals surface area contributed by atoms with Gasteiger partial charge in [-0.1, -0.05) is 22.6 Å². The predicted molar refractivity (Wildman–Crippen MR) is 54.1 cm³/mol. The summed E-state index contributed by atoms with van der Waals surface area (Å²) in [6.07, 6.45) is 0.108. The highest BCUT2D eigenvalue weighted by Gasteiger charge is 2.33. The second-order valence-electron chi connectivity index (χ2n) is 2.99. The number of likely N-dealkylation sites (tertiary alicyclic amines) is 1. The van der Waals surface area contributed by atoms with Gasteiger partial charge < -0.3 is 10.8 Å². The first-order valence-electron chi connectivity index (χ1n) is 3.92. The Bertz CT molecular complexity index is 177. The number of aliphatic hydroxyl groups is 1. The van der Waals surface area contributed by atoms with Gasteiger partial charge in [0.1, 0.15) is 0 Å². The van der Waals surface area contributed by atoms with Crippen molar-refractivity contribution in [1.82, 2.24) is 4.90 Å². The van der Waals surface area contributed by atoms with Crippen LogP contribution in [0.5, 0.6) is 0 Å².